The van der Waals surface area contributed by atoms with Crippen molar-refractivity contribution in [1.82, 2.24) is 0 Å². The monoisotopic (exact) mass is 450 g/mol. The first kappa shape index (κ1) is 24.7. The summed E-state index contributed by atoms with van der Waals surface area (Å²) in [5.74, 6) is -0.471. The number of hydrogen-bond donors (Lipinski definition) is 0. The minimum absolute atomic E-state index is 0.0687. The molecule has 0 aromatic heterocycles. The quantitative estimate of drug-likeness (QED) is 0.321. The first-order valence-electron chi connectivity index (χ1n) is 10.1. The highest BCUT2D eigenvalue weighted by Crippen LogP contribution is 2.36. The van der Waals surface area contributed by atoms with E-state index in [9.17, 15) is 26.4 Å². The summed E-state index contributed by atoms with van der Waals surface area (Å²) in [5, 5.41) is 0. The molecule has 1 aromatic rings. The van der Waals surface area contributed by atoms with Gasteiger partial charge in [0.1, 0.15) is 6.10 Å². The predicted octanol–water partition coefficient (Wildman–Crippen LogP) is 4.86. The van der Waals surface area contributed by atoms with E-state index in [1.54, 1.807) is 30.3 Å². The van der Waals surface area contributed by atoms with Crippen molar-refractivity contribution in [2.75, 3.05) is 0 Å². The fourth-order valence-electron chi connectivity index (χ4n) is 3.83. The van der Waals surface area contributed by atoms with Gasteiger partial charge in [-0.3, -0.25) is 0 Å². The van der Waals surface area contributed by atoms with E-state index in [4.69, 9.17) is 4.74 Å². The molecule has 3 unspecified atom stereocenters. The van der Waals surface area contributed by atoms with Crippen molar-refractivity contribution < 1.29 is 35.3 Å². The summed E-state index contributed by atoms with van der Waals surface area (Å²) in [4.78, 5) is 12.7. The molecule has 1 aliphatic carbocycles. The van der Waals surface area contributed by atoms with Crippen molar-refractivity contribution in [3.05, 3.63) is 35.9 Å². The second kappa shape index (κ2) is 10.1. The predicted molar refractivity (Wildman–Crippen MR) is 106 cm³/mol. The van der Waals surface area contributed by atoms with Crippen LogP contribution in [0.3, 0.4) is 0 Å². The van der Waals surface area contributed by atoms with Crippen molar-refractivity contribution in [3.8, 4) is 0 Å². The van der Waals surface area contributed by atoms with Crippen LogP contribution in [-0.4, -0.2) is 32.1 Å². The molecule has 0 amide bonds. The Morgan fingerprint density at radius 3 is 2.37 bits per heavy atom. The Labute approximate surface area is 176 Å². The molecular weight excluding hydrogens is 421 g/mol. The van der Waals surface area contributed by atoms with Gasteiger partial charge in [-0.15, -0.1) is 0 Å². The molecule has 30 heavy (non-hydrogen) atoms. The van der Waals surface area contributed by atoms with Crippen LogP contribution in [0.5, 0.6) is 0 Å². The molecule has 5 nitrogen and oxygen atoms in total. The maximum Gasteiger partial charge on any atom is 0.523 e. The molecule has 0 heterocycles. The number of halogens is 3. The van der Waals surface area contributed by atoms with E-state index >= 15 is 0 Å². The summed E-state index contributed by atoms with van der Waals surface area (Å²) in [6, 6.07) is 8.73. The van der Waals surface area contributed by atoms with E-state index in [0.29, 0.717) is 12.3 Å². The van der Waals surface area contributed by atoms with Gasteiger partial charge in [-0.05, 0) is 49.0 Å². The third kappa shape index (κ3) is 6.70. The van der Waals surface area contributed by atoms with E-state index in [2.05, 4.69) is 4.18 Å². The molecule has 0 aliphatic heterocycles. The van der Waals surface area contributed by atoms with Crippen LogP contribution in [0.25, 0.3) is 0 Å². The zero-order valence-corrected chi connectivity index (χ0v) is 18.2. The van der Waals surface area contributed by atoms with Crippen molar-refractivity contribution in [2.24, 2.45) is 17.8 Å². The second-order valence-electron chi connectivity index (χ2n) is 8.31. The molecule has 1 fully saturated rings. The maximum absolute atomic E-state index is 12.8. The van der Waals surface area contributed by atoms with Crippen LogP contribution in [0, 0.1) is 17.8 Å². The van der Waals surface area contributed by atoms with Crippen molar-refractivity contribution in [3.63, 3.8) is 0 Å². The molecule has 0 saturated heterocycles. The standard InChI is InChI=1S/C21H29F3O5S/c1-14(2)17-11-9-15(3)13-19(17)28-20(25)18(29-30(26,27)21(22,23)24)12-10-16-7-5-4-6-8-16/h4-8,14-15,17-19H,9-13H2,1-3H3/t15?,17?,18-,19?/m1/s1. The first-order chi connectivity index (χ1) is 13.9. The molecule has 0 N–H and O–H groups in total. The number of rotatable bonds is 8. The Hall–Kier alpha value is -1.61. The van der Waals surface area contributed by atoms with Crippen LogP contribution in [-0.2, 0) is 30.3 Å². The van der Waals surface area contributed by atoms with E-state index in [1.807, 2.05) is 20.8 Å². The Balaban J connectivity index is 2.17. The van der Waals surface area contributed by atoms with Gasteiger partial charge in [0.15, 0.2) is 6.10 Å². The summed E-state index contributed by atoms with van der Waals surface area (Å²) in [5.41, 5.74) is -4.87. The SMILES string of the molecule is CC1CCC(C(C)C)C(OC(=O)[C@@H](CCc2ccccc2)OS(=O)(=O)C(F)(F)F)C1. The minimum Gasteiger partial charge on any atom is -0.460 e. The van der Waals surface area contributed by atoms with Crippen LogP contribution in [0.15, 0.2) is 30.3 Å². The molecule has 0 bridgehead atoms. The summed E-state index contributed by atoms with van der Waals surface area (Å²) in [6.07, 6.45) is 0.00147. The summed E-state index contributed by atoms with van der Waals surface area (Å²) < 4.78 is 71.5. The smallest absolute Gasteiger partial charge is 0.460 e. The van der Waals surface area contributed by atoms with Crippen LogP contribution in [0.4, 0.5) is 13.2 Å². The zero-order chi connectivity index (χ0) is 22.5. The molecule has 1 aromatic carbocycles. The van der Waals surface area contributed by atoms with Gasteiger partial charge in [0.2, 0.25) is 0 Å². The third-order valence-electron chi connectivity index (χ3n) is 5.56. The third-order valence-corrected chi connectivity index (χ3v) is 6.61. The molecule has 4 atom stereocenters. The minimum atomic E-state index is -5.93. The van der Waals surface area contributed by atoms with Crippen molar-refractivity contribution >= 4 is 16.1 Å². The largest absolute Gasteiger partial charge is 0.523 e. The van der Waals surface area contributed by atoms with Gasteiger partial charge in [-0.2, -0.15) is 21.6 Å². The highest BCUT2D eigenvalue weighted by Gasteiger charge is 2.50. The van der Waals surface area contributed by atoms with Crippen LogP contribution >= 0.6 is 0 Å². The summed E-state index contributed by atoms with van der Waals surface area (Å²) in [6.45, 7) is 6.02. The number of aryl methyl sites for hydroxylation is 1. The molecule has 2 rings (SSSR count). The molecule has 170 valence electrons. The van der Waals surface area contributed by atoms with Crippen LogP contribution < -0.4 is 0 Å². The Morgan fingerprint density at radius 1 is 1.17 bits per heavy atom. The highest BCUT2D eigenvalue weighted by molar-refractivity contribution is 7.87. The molecule has 9 heteroatoms. The number of alkyl halides is 3. The lowest BCUT2D eigenvalue weighted by Gasteiger charge is -2.37. The van der Waals surface area contributed by atoms with Gasteiger partial charge in [-0.1, -0.05) is 57.5 Å². The fourth-order valence-corrected chi connectivity index (χ4v) is 4.42. The summed E-state index contributed by atoms with van der Waals surface area (Å²) >= 11 is 0. The Kier molecular flexibility index (Phi) is 8.33. The average molecular weight is 451 g/mol. The van der Waals surface area contributed by atoms with Gasteiger partial charge in [0.25, 0.3) is 0 Å². The van der Waals surface area contributed by atoms with E-state index in [-0.39, 0.29) is 24.7 Å². The molecule has 0 radical (unpaired) electrons. The fraction of sp³-hybridized carbons (Fsp3) is 0.667. The van der Waals surface area contributed by atoms with E-state index in [0.717, 1.165) is 18.4 Å². The summed E-state index contributed by atoms with van der Waals surface area (Å²) in [7, 11) is -5.93. The van der Waals surface area contributed by atoms with Crippen LogP contribution in [0.1, 0.15) is 52.0 Å². The topological polar surface area (TPSA) is 69.7 Å². The van der Waals surface area contributed by atoms with E-state index < -0.39 is 33.8 Å². The van der Waals surface area contributed by atoms with Gasteiger partial charge < -0.3 is 4.74 Å². The van der Waals surface area contributed by atoms with Gasteiger partial charge in [-0.25, -0.2) is 8.98 Å². The van der Waals surface area contributed by atoms with Gasteiger partial charge in [0.05, 0.1) is 0 Å². The number of ether oxygens (including phenoxy) is 1. The number of carbonyl (C=O) groups excluding carboxylic acids is 1. The normalized spacial score (nSPS) is 23.9. The molecule has 1 aliphatic rings. The number of benzene rings is 1. The lowest BCUT2D eigenvalue weighted by Crippen LogP contribution is -2.41. The highest BCUT2D eigenvalue weighted by atomic mass is 32.2. The Bertz CT molecular complexity index is 793. The molecule has 1 saturated carbocycles. The Morgan fingerprint density at radius 2 is 1.80 bits per heavy atom. The first-order valence-corrected chi connectivity index (χ1v) is 11.6. The molecule has 0 spiro atoms. The lowest BCUT2D eigenvalue weighted by molar-refractivity contribution is -0.165. The van der Waals surface area contributed by atoms with Gasteiger partial charge >= 0.3 is 21.6 Å². The van der Waals surface area contributed by atoms with Crippen molar-refractivity contribution in [1.29, 1.82) is 0 Å². The maximum atomic E-state index is 12.8. The van der Waals surface area contributed by atoms with Gasteiger partial charge in [0, 0.05) is 0 Å². The average Bonchev–Trinajstić information content (AvgIpc) is 2.64. The number of esters is 1. The lowest BCUT2D eigenvalue weighted by atomic mass is 9.75. The second-order valence-corrected chi connectivity index (χ2v) is 9.87. The molecular formula is C21H29F3O5S. The van der Waals surface area contributed by atoms with Crippen LogP contribution in [0.2, 0.25) is 0 Å². The van der Waals surface area contributed by atoms with E-state index in [1.165, 1.54) is 0 Å². The zero-order valence-electron chi connectivity index (χ0n) is 17.4. The number of hydrogen-bond acceptors (Lipinski definition) is 5. The number of carbonyl (C=O) groups is 1. The van der Waals surface area contributed by atoms with Crippen molar-refractivity contribution in [2.45, 2.75) is 70.6 Å².